The molecule has 0 saturated carbocycles. The van der Waals surface area contributed by atoms with Crippen molar-refractivity contribution in [3.8, 4) is 16.9 Å². The summed E-state index contributed by atoms with van der Waals surface area (Å²) in [5.41, 5.74) is 2.33. The van der Waals surface area contributed by atoms with Crippen LogP contribution in [0, 0.1) is 0 Å². The van der Waals surface area contributed by atoms with E-state index in [4.69, 9.17) is 4.74 Å². The fourth-order valence-electron chi connectivity index (χ4n) is 3.83. The second-order valence-electron chi connectivity index (χ2n) is 7.56. The standard InChI is InChI=1S/C22H29N5OS/c1-26-10-4-12-27(14-13-26)11-3-9-23-21-20-19(15-29-22(20)25-16-24-21)17-5-7-18(28-2)8-6-17/h5-8,15-16H,3-4,9-14H2,1-2H3,(H,23,24,25). The highest BCUT2D eigenvalue weighted by Crippen LogP contribution is 2.36. The lowest BCUT2D eigenvalue weighted by Gasteiger charge is -2.20. The molecule has 1 fully saturated rings. The van der Waals surface area contributed by atoms with Crippen LogP contribution in [0.15, 0.2) is 36.0 Å². The topological polar surface area (TPSA) is 53.5 Å². The van der Waals surface area contributed by atoms with Crippen molar-refractivity contribution in [1.29, 1.82) is 0 Å². The predicted octanol–water partition coefficient (Wildman–Crippen LogP) is 3.81. The fourth-order valence-corrected chi connectivity index (χ4v) is 4.74. The van der Waals surface area contributed by atoms with Gasteiger partial charge in [-0.2, -0.15) is 0 Å². The Kier molecular flexibility index (Phi) is 6.59. The minimum atomic E-state index is 0.864. The van der Waals surface area contributed by atoms with Crippen LogP contribution in [0.2, 0.25) is 0 Å². The van der Waals surface area contributed by atoms with Gasteiger partial charge >= 0.3 is 0 Å². The third-order valence-electron chi connectivity index (χ3n) is 5.53. The first kappa shape index (κ1) is 20.1. The number of fused-ring (bicyclic) bond motifs is 1. The molecule has 154 valence electrons. The van der Waals surface area contributed by atoms with Gasteiger partial charge in [-0.25, -0.2) is 9.97 Å². The Hall–Kier alpha value is -2.22. The van der Waals surface area contributed by atoms with Crippen molar-refractivity contribution < 1.29 is 4.74 Å². The van der Waals surface area contributed by atoms with E-state index in [1.165, 1.54) is 38.2 Å². The first-order valence-electron chi connectivity index (χ1n) is 10.3. The molecule has 0 radical (unpaired) electrons. The van der Waals surface area contributed by atoms with Crippen LogP contribution in [-0.2, 0) is 0 Å². The number of nitrogens with zero attached hydrogens (tertiary/aromatic N) is 4. The molecule has 0 aliphatic carbocycles. The van der Waals surface area contributed by atoms with Gasteiger partial charge in [-0.1, -0.05) is 12.1 Å². The third kappa shape index (κ3) is 4.86. The summed E-state index contributed by atoms with van der Waals surface area (Å²) in [6, 6.07) is 8.17. The molecule has 1 aliphatic heterocycles. The van der Waals surface area contributed by atoms with Gasteiger partial charge in [-0.3, -0.25) is 0 Å². The second kappa shape index (κ2) is 9.52. The van der Waals surface area contributed by atoms with Crippen LogP contribution < -0.4 is 10.1 Å². The Labute approximate surface area is 176 Å². The molecule has 29 heavy (non-hydrogen) atoms. The van der Waals surface area contributed by atoms with Crippen LogP contribution in [0.3, 0.4) is 0 Å². The molecule has 0 atom stereocenters. The zero-order valence-corrected chi connectivity index (χ0v) is 18.0. The third-order valence-corrected chi connectivity index (χ3v) is 6.41. The summed E-state index contributed by atoms with van der Waals surface area (Å²) in [5.74, 6) is 1.79. The lowest BCUT2D eigenvalue weighted by Crippen LogP contribution is -2.30. The van der Waals surface area contributed by atoms with Crippen molar-refractivity contribution in [3.63, 3.8) is 0 Å². The van der Waals surface area contributed by atoms with Crippen molar-refractivity contribution in [2.75, 3.05) is 58.7 Å². The van der Waals surface area contributed by atoms with E-state index in [-0.39, 0.29) is 0 Å². The quantitative estimate of drug-likeness (QED) is 0.597. The smallest absolute Gasteiger partial charge is 0.138 e. The lowest BCUT2D eigenvalue weighted by atomic mass is 10.1. The molecule has 0 unspecified atom stereocenters. The van der Waals surface area contributed by atoms with Gasteiger partial charge in [0.25, 0.3) is 0 Å². The highest BCUT2D eigenvalue weighted by Gasteiger charge is 2.14. The SMILES string of the molecule is COc1ccc(-c2csc3ncnc(NCCCN4CCCN(C)CC4)c23)cc1. The summed E-state index contributed by atoms with van der Waals surface area (Å²) in [5, 5.41) is 6.84. The number of nitrogens with one attached hydrogen (secondary N) is 1. The summed E-state index contributed by atoms with van der Waals surface area (Å²) >= 11 is 1.66. The molecule has 1 aliphatic rings. The Balaban J connectivity index is 1.43. The van der Waals surface area contributed by atoms with Gasteiger partial charge in [0.05, 0.1) is 12.5 Å². The molecule has 7 heteroatoms. The van der Waals surface area contributed by atoms with E-state index in [0.29, 0.717) is 0 Å². The number of benzene rings is 1. The zero-order chi connectivity index (χ0) is 20.1. The second-order valence-corrected chi connectivity index (χ2v) is 8.42. The van der Waals surface area contributed by atoms with Gasteiger partial charge in [0, 0.05) is 30.6 Å². The van der Waals surface area contributed by atoms with Crippen molar-refractivity contribution in [2.45, 2.75) is 12.8 Å². The molecule has 1 N–H and O–H groups in total. The normalized spacial score (nSPS) is 16.1. The van der Waals surface area contributed by atoms with E-state index in [1.807, 2.05) is 12.1 Å². The van der Waals surface area contributed by atoms with Crippen LogP contribution >= 0.6 is 11.3 Å². The molecule has 0 bridgehead atoms. The average Bonchev–Trinajstić information content (AvgIpc) is 3.08. The molecule has 0 amide bonds. The Morgan fingerprint density at radius 1 is 1.10 bits per heavy atom. The number of ether oxygens (including phenoxy) is 1. The number of anilines is 1. The summed E-state index contributed by atoms with van der Waals surface area (Å²) in [7, 11) is 3.90. The number of likely N-dealkylation sites (N-methyl/N-ethyl adjacent to an activating group) is 1. The van der Waals surface area contributed by atoms with Gasteiger partial charge in [-0.05, 0) is 57.2 Å². The fraction of sp³-hybridized carbons (Fsp3) is 0.455. The molecule has 1 saturated heterocycles. The van der Waals surface area contributed by atoms with E-state index in [2.05, 4.69) is 49.6 Å². The molecule has 2 aromatic heterocycles. The minimum absolute atomic E-state index is 0.864. The Bertz CT molecular complexity index is 927. The lowest BCUT2D eigenvalue weighted by molar-refractivity contribution is 0.276. The van der Waals surface area contributed by atoms with Crippen LogP contribution in [0.5, 0.6) is 5.75 Å². The van der Waals surface area contributed by atoms with Gasteiger partial charge in [-0.15, -0.1) is 11.3 Å². The van der Waals surface area contributed by atoms with Crippen molar-refractivity contribution in [3.05, 3.63) is 36.0 Å². The molecule has 3 heterocycles. The van der Waals surface area contributed by atoms with Gasteiger partial charge in [0.2, 0.25) is 0 Å². The number of methoxy groups -OCH3 is 1. The summed E-state index contributed by atoms with van der Waals surface area (Å²) in [6.07, 6.45) is 4.03. The van der Waals surface area contributed by atoms with E-state index >= 15 is 0 Å². The van der Waals surface area contributed by atoms with Gasteiger partial charge < -0.3 is 19.9 Å². The minimum Gasteiger partial charge on any atom is -0.497 e. The van der Waals surface area contributed by atoms with Gasteiger partial charge in [0.15, 0.2) is 0 Å². The monoisotopic (exact) mass is 411 g/mol. The molecule has 1 aromatic carbocycles. The highest BCUT2D eigenvalue weighted by atomic mass is 32.1. The number of hydrogen-bond acceptors (Lipinski definition) is 7. The van der Waals surface area contributed by atoms with Crippen LogP contribution in [-0.4, -0.2) is 73.2 Å². The summed E-state index contributed by atoms with van der Waals surface area (Å²) in [6.45, 7) is 6.79. The maximum atomic E-state index is 5.29. The van der Waals surface area contributed by atoms with E-state index in [0.717, 1.165) is 46.9 Å². The number of rotatable bonds is 7. The average molecular weight is 412 g/mol. The van der Waals surface area contributed by atoms with E-state index < -0.39 is 0 Å². The Morgan fingerprint density at radius 3 is 2.79 bits per heavy atom. The van der Waals surface area contributed by atoms with Crippen LogP contribution in [0.1, 0.15) is 12.8 Å². The van der Waals surface area contributed by atoms with Crippen LogP contribution in [0.4, 0.5) is 5.82 Å². The molecule has 0 spiro atoms. The first-order chi connectivity index (χ1) is 14.2. The zero-order valence-electron chi connectivity index (χ0n) is 17.2. The number of thiophene rings is 1. The van der Waals surface area contributed by atoms with Crippen molar-refractivity contribution >= 4 is 27.4 Å². The summed E-state index contributed by atoms with van der Waals surface area (Å²) in [4.78, 5) is 15.0. The van der Waals surface area contributed by atoms with E-state index in [9.17, 15) is 0 Å². The molecule has 3 aromatic rings. The van der Waals surface area contributed by atoms with Gasteiger partial charge in [0.1, 0.15) is 22.7 Å². The van der Waals surface area contributed by atoms with E-state index in [1.54, 1.807) is 24.8 Å². The molecular weight excluding hydrogens is 382 g/mol. The maximum Gasteiger partial charge on any atom is 0.138 e. The first-order valence-corrected chi connectivity index (χ1v) is 11.1. The summed E-state index contributed by atoms with van der Waals surface area (Å²) < 4.78 is 5.29. The van der Waals surface area contributed by atoms with Crippen molar-refractivity contribution in [1.82, 2.24) is 19.8 Å². The largest absolute Gasteiger partial charge is 0.497 e. The molecule has 4 rings (SSSR count). The van der Waals surface area contributed by atoms with Crippen molar-refractivity contribution in [2.24, 2.45) is 0 Å². The Morgan fingerprint density at radius 2 is 1.97 bits per heavy atom. The number of aromatic nitrogens is 2. The van der Waals surface area contributed by atoms with Crippen LogP contribution in [0.25, 0.3) is 21.3 Å². The molecule has 6 nitrogen and oxygen atoms in total. The maximum absolute atomic E-state index is 5.29. The molecular formula is C22H29N5OS. The predicted molar refractivity (Wildman–Crippen MR) is 121 cm³/mol. The number of hydrogen-bond donors (Lipinski definition) is 1. The highest BCUT2D eigenvalue weighted by molar-refractivity contribution is 7.17.